The van der Waals surface area contributed by atoms with Crippen molar-refractivity contribution in [1.82, 2.24) is 9.97 Å². The summed E-state index contributed by atoms with van der Waals surface area (Å²) in [6.07, 6.45) is 12.2. The van der Waals surface area contributed by atoms with Gasteiger partial charge in [0.05, 0.1) is 11.1 Å². The number of carbonyl (C=O) groups excluding carboxylic acids is 1. The van der Waals surface area contributed by atoms with Crippen LogP contribution in [-0.4, -0.2) is 15.9 Å². The first-order valence-corrected chi connectivity index (χ1v) is 10.9. The van der Waals surface area contributed by atoms with Crippen molar-refractivity contribution in [3.63, 3.8) is 0 Å². The van der Waals surface area contributed by atoms with Gasteiger partial charge in [0.2, 0.25) is 0 Å². The van der Waals surface area contributed by atoms with Gasteiger partial charge in [-0.05, 0) is 42.7 Å². The average molecular weight is 432 g/mol. The molecular formula is C26H26FN3O2. The van der Waals surface area contributed by atoms with Crippen LogP contribution in [0.2, 0.25) is 0 Å². The second-order valence-electron chi connectivity index (χ2n) is 7.65. The molecule has 0 radical (unpaired) electrons. The van der Waals surface area contributed by atoms with E-state index in [1.807, 2.05) is 12.4 Å². The number of halogens is 1. The van der Waals surface area contributed by atoms with Crippen LogP contribution in [0.15, 0.2) is 54.9 Å². The maximum atomic E-state index is 13.7. The predicted octanol–water partition coefficient (Wildman–Crippen LogP) is 6.28. The van der Waals surface area contributed by atoms with Crippen LogP contribution in [0, 0.1) is 17.1 Å². The third-order valence-electron chi connectivity index (χ3n) is 5.17. The lowest BCUT2D eigenvalue weighted by atomic mass is 10.1. The molecule has 1 heterocycles. The van der Waals surface area contributed by atoms with E-state index in [1.165, 1.54) is 44.2 Å². The summed E-state index contributed by atoms with van der Waals surface area (Å²) in [5.74, 6) is -0.716. The number of esters is 1. The van der Waals surface area contributed by atoms with Crippen LogP contribution in [0.25, 0.3) is 11.4 Å². The van der Waals surface area contributed by atoms with Crippen molar-refractivity contribution in [2.45, 2.75) is 51.9 Å². The standard InChI is InChI=1S/C26H26FN3O2/c1-2-3-4-5-6-7-8-19-17-29-25(30-18-19)20-9-11-21(12-10-20)26(31)32-23-14-13-22(16-28)24(27)15-23/h9-15,17-18H,2-8H2,1H3. The maximum Gasteiger partial charge on any atom is 0.343 e. The summed E-state index contributed by atoms with van der Waals surface area (Å²) in [4.78, 5) is 21.2. The molecule has 0 bridgehead atoms. The molecule has 0 aliphatic carbocycles. The van der Waals surface area contributed by atoms with E-state index in [0.717, 1.165) is 30.0 Å². The van der Waals surface area contributed by atoms with Crippen molar-refractivity contribution in [3.05, 3.63) is 77.4 Å². The number of unbranched alkanes of at least 4 members (excludes halogenated alkanes) is 5. The monoisotopic (exact) mass is 431 g/mol. The molecule has 3 aromatic rings. The smallest absolute Gasteiger partial charge is 0.343 e. The zero-order chi connectivity index (χ0) is 22.8. The van der Waals surface area contributed by atoms with E-state index in [0.29, 0.717) is 11.4 Å². The minimum atomic E-state index is -0.731. The lowest BCUT2D eigenvalue weighted by molar-refractivity contribution is 0.0734. The Hall–Kier alpha value is -3.59. The highest BCUT2D eigenvalue weighted by molar-refractivity contribution is 5.91. The van der Waals surface area contributed by atoms with Crippen LogP contribution in [0.4, 0.5) is 4.39 Å². The minimum absolute atomic E-state index is 0.0415. The number of carbonyl (C=O) groups is 1. The molecule has 1 aromatic heterocycles. The molecule has 164 valence electrons. The highest BCUT2D eigenvalue weighted by Crippen LogP contribution is 2.20. The van der Waals surface area contributed by atoms with Gasteiger partial charge in [0.1, 0.15) is 17.6 Å². The summed E-state index contributed by atoms with van der Waals surface area (Å²) >= 11 is 0. The average Bonchev–Trinajstić information content (AvgIpc) is 2.82. The van der Waals surface area contributed by atoms with E-state index in [1.54, 1.807) is 30.3 Å². The molecule has 5 nitrogen and oxygen atoms in total. The third kappa shape index (κ3) is 6.45. The highest BCUT2D eigenvalue weighted by Gasteiger charge is 2.12. The molecule has 32 heavy (non-hydrogen) atoms. The van der Waals surface area contributed by atoms with Crippen molar-refractivity contribution in [2.75, 3.05) is 0 Å². The molecule has 6 heteroatoms. The topological polar surface area (TPSA) is 75.9 Å². The fourth-order valence-electron chi connectivity index (χ4n) is 3.31. The summed E-state index contributed by atoms with van der Waals surface area (Å²) in [7, 11) is 0. The molecule has 0 amide bonds. The molecule has 0 N–H and O–H groups in total. The molecule has 0 atom stereocenters. The van der Waals surface area contributed by atoms with Crippen molar-refractivity contribution in [2.24, 2.45) is 0 Å². The molecule has 0 spiro atoms. The van der Waals surface area contributed by atoms with Gasteiger partial charge in [-0.15, -0.1) is 0 Å². The Bertz CT molecular complexity index is 1070. The molecular weight excluding hydrogens is 405 g/mol. The number of rotatable bonds is 10. The van der Waals surface area contributed by atoms with E-state index >= 15 is 0 Å². The summed E-state index contributed by atoms with van der Waals surface area (Å²) in [6.45, 7) is 2.22. The van der Waals surface area contributed by atoms with Crippen molar-refractivity contribution >= 4 is 5.97 Å². The summed E-state index contributed by atoms with van der Waals surface area (Å²) in [5.41, 5.74) is 2.13. The number of nitriles is 1. The van der Waals surface area contributed by atoms with Crippen LogP contribution < -0.4 is 4.74 Å². The van der Waals surface area contributed by atoms with Crippen molar-refractivity contribution in [1.29, 1.82) is 5.26 Å². The first kappa shape index (κ1) is 23.1. The number of hydrogen-bond acceptors (Lipinski definition) is 5. The van der Waals surface area contributed by atoms with Gasteiger partial charge in [-0.1, -0.05) is 51.2 Å². The summed E-state index contributed by atoms with van der Waals surface area (Å²) in [5, 5.41) is 8.77. The number of nitrogens with zero attached hydrogens (tertiary/aromatic N) is 3. The Morgan fingerprint density at radius 2 is 1.69 bits per heavy atom. The van der Waals surface area contributed by atoms with Gasteiger partial charge in [-0.25, -0.2) is 19.2 Å². The maximum absolute atomic E-state index is 13.7. The van der Waals surface area contributed by atoms with Gasteiger partial charge in [-0.2, -0.15) is 5.26 Å². The van der Waals surface area contributed by atoms with Crippen molar-refractivity contribution in [3.8, 4) is 23.2 Å². The number of hydrogen-bond donors (Lipinski definition) is 0. The van der Waals surface area contributed by atoms with Gasteiger partial charge < -0.3 is 4.74 Å². The molecule has 0 aliphatic rings. The number of aromatic nitrogens is 2. The van der Waals surface area contributed by atoms with Gasteiger partial charge in [-0.3, -0.25) is 0 Å². The van der Waals surface area contributed by atoms with Crippen LogP contribution in [0.1, 0.15) is 66.9 Å². The number of ether oxygens (including phenoxy) is 1. The van der Waals surface area contributed by atoms with Gasteiger partial charge in [0.15, 0.2) is 5.82 Å². The Kier molecular flexibility index (Phi) is 8.44. The van der Waals surface area contributed by atoms with Gasteiger partial charge in [0.25, 0.3) is 0 Å². The molecule has 0 unspecified atom stereocenters. The molecule has 3 rings (SSSR count). The highest BCUT2D eigenvalue weighted by atomic mass is 19.1. The first-order valence-electron chi connectivity index (χ1n) is 10.9. The fraction of sp³-hybridized carbons (Fsp3) is 0.308. The number of benzene rings is 2. The lowest BCUT2D eigenvalue weighted by Crippen LogP contribution is -2.08. The Balaban J connectivity index is 1.55. The molecule has 0 fully saturated rings. The van der Waals surface area contributed by atoms with Gasteiger partial charge >= 0.3 is 5.97 Å². The van der Waals surface area contributed by atoms with Gasteiger partial charge in [0, 0.05) is 24.0 Å². The van der Waals surface area contributed by atoms with Crippen LogP contribution in [0.5, 0.6) is 5.75 Å². The second-order valence-corrected chi connectivity index (χ2v) is 7.65. The van der Waals surface area contributed by atoms with E-state index in [2.05, 4.69) is 16.9 Å². The largest absolute Gasteiger partial charge is 0.423 e. The predicted molar refractivity (Wildman–Crippen MR) is 121 cm³/mol. The zero-order valence-corrected chi connectivity index (χ0v) is 18.2. The van der Waals surface area contributed by atoms with Crippen molar-refractivity contribution < 1.29 is 13.9 Å². The molecule has 0 saturated carbocycles. The third-order valence-corrected chi connectivity index (χ3v) is 5.17. The SMILES string of the molecule is CCCCCCCCc1cnc(-c2ccc(C(=O)Oc3ccc(C#N)c(F)c3)cc2)nc1. The van der Waals surface area contributed by atoms with E-state index in [4.69, 9.17) is 10.00 Å². The molecule has 0 aliphatic heterocycles. The van der Waals surface area contributed by atoms with E-state index < -0.39 is 11.8 Å². The van der Waals surface area contributed by atoms with Crippen LogP contribution >= 0.6 is 0 Å². The Labute approximate surface area is 187 Å². The van der Waals surface area contributed by atoms with E-state index in [9.17, 15) is 9.18 Å². The second kappa shape index (κ2) is 11.7. The van der Waals surface area contributed by atoms with Crippen LogP contribution in [0.3, 0.4) is 0 Å². The minimum Gasteiger partial charge on any atom is -0.423 e. The number of aryl methyl sites for hydroxylation is 1. The zero-order valence-electron chi connectivity index (χ0n) is 18.2. The molecule has 0 saturated heterocycles. The fourth-order valence-corrected chi connectivity index (χ4v) is 3.31. The lowest BCUT2D eigenvalue weighted by Gasteiger charge is -2.06. The van der Waals surface area contributed by atoms with Crippen LogP contribution in [-0.2, 0) is 6.42 Å². The Morgan fingerprint density at radius 3 is 2.34 bits per heavy atom. The normalized spacial score (nSPS) is 10.5. The Morgan fingerprint density at radius 1 is 1.00 bits per heavy atom. The summed E-state index contributed by atoms with van der Waals surface area (Å²) < 4.78 is 18.9. The summed E-state index contributed by atoms with van der Waals surface area (Å²) in [6, 6.07) is 12.1. The van der Waals surface area contributed by atoms with E-state index in [-0.39, 0.29) is 11.3 Å². The first-order chi connectivity index (χ1) is 15.6. The molecule has 2 aromatic carbocycles. The quantitative estimate of drug-likeness (QED) is 0.215.